The number of halogens is 4. The Bertz CT molecular complexity index is 1430. The number of hydrogen-bond donors (Lipinski definition) is 2. The number of carbonyl (C=O) groups is 1. The molecule has 1 atom stereocenters. The average Bonchev–Trinajstić information content (AvgIpc) is 3.79. The van der Waals surface area contributed by atoms with Gasteiger partial charge in [0.2, 0.25) is 0 Å². The molecule has 1 aliphatic rings. The van der Waals surface area contributed by atoms with E-state index < -0.39 is 17.5 Å². The van der Waals surface area contributed by atoms with Gasteiger partial charge >= 0.3 is 6.18 Å². The van der Waals surface area contributed by atoms with Crippen molar-refractivity contribution in [2.45, 2.75) is 72.7 Å². The van der Waals surface area contributed by atoms with Crippen molar-refractivity contribution in [2.24, 2.45) is 11.7 Å². The Balaban J connectivity index is 0.000000300. The van der Waals surface area contributed by atoms with Crippen LogP contribution in [0, 0.1) is 25.6 Å². The highest BCUT2D eigenvalue weighted by atomic mass is 19.4. The van der Waals surface area contributed by atoms with Crippen molar-refractivity contribution in [1.29, 1.82) is 0 Å². The molecule has 3 aromatic carbocycles. The predicted molar refractivity (Wildman–Crippen MR) is 171 cm³/mol. The number of aryl methyl sites for hydroxylation is 2. The van der Waals surface area contributed by atoms with Crippen molar-refractivity contribution in [3.05, 3.63) is 124 Å². The van der Waals surface area contributed by atoms with E-state index in [4.69, 9.17) is 10.5 Å². The standard InChI is InChI=1S/C19H21FO.C16H19F3N2O.CH4/c1-13-4-3-5-16(10-13)19(21-12-15-6-7-15)17-8-9-18(20)14(2)11-17;1-3-5-15(22)14(8-11(2)16(17,18)19)21-13-7-4-6-12(9-13)10-20;/h3-5,8-11,15,19H,6-7,12H2,1-2H3;4,6-9,21H,2-3,5,10,20H2,1H3;1H4/b;14-8-;. The highest BCUT2D eigenvalue weighted by molar-refractivity contribution is 5.98. The third-order valence-corrected chi connectivity index (χ3v) is 6.93. The smallest absolute Gasteiger partial charge is 0.369 e. The summed E-state index contributed by atoms with van der Waals surface area (Å²) in [4.78, 5) is 12.0. The molecule has 238 valence electrons. The molecule has 0 aromatic heterocycles. The third-order valence-electron chi connectivity index (χ3n) is 6.93. The molecule has 1 saturated carbocycles. The first-order valence-electron chi connectivity index (χ1n) is 14.4. The quantitative estimate of drug-likeness (QED) is 0.121. The SMILES string of the molecule is C.C=C(/C=C(\Nc1cccc(CN)c1)C(=O)CCC)C(F)(F)F.Cc1cccc(C(OCC2CC2)c2ccc(F)c(C)c2)c1. The maximum atomic E-state index is 13.5. The van der Waals surface area contributed by atoms with Crippen LogP contribution in [0.2, 0.25) is 0 Å². The number of ketones is 1. The van der Waals surface area contributed by atoms with Crippen LogP contribution in [0.25, 0.3) is 0 Å². The molecular weight excluding hydrogens is 568 g/mol. The van der Waals surface area contributed by atoms with Crippen LogP contribution in [0.5, 0.6) is 0 Å². The van der Waals surface area contributed by atoms with E-state index in [9.17, 15) is 22.4 Å². The van der Waals surface area contributed by atoms with Crippen LogP contribution in [-0.4, -0.2) is 18.6 Å². The maximum absolute atomic E-state index is 13.5. The molecule has 0 bridgehead atoms. The van der Waals surface area contributed by atoms with Crippen molar-refractivity contribution in [1.82, 2.24) is 0 Å². The average molecular weight is 613 g/mol. The van der Waals surface area contributed by atoms with E-state index in [1.54, 1.807) is 38.1 Å². The van der Waals surface area contributed by atoms with Gasteiger partial charge in [-0.3, -0.25) is 4.79 Å². The second-order valence-corrected chi connectivity index (χ2v) is 10.9. The summed E-state index contributed by atoms with van der Waals surface area (Å²) in [5.74, 6) is 0.147. The molecule has 44 heavy (non-hydrogen) atoms. The number of alkyl halides is 3. The van der Waals surface area contributed by atoms with Gasteiger partial charge in [0.1, 0.15) is 11.9 Å². The minimum Gasteiger partial charge on any atom is -0.369 e. The lowest BCUT2D eigenvalue weighted by Gasteiger charge is -2.20. The van der Waals surface area contributed by atoms with Gasteiger partial charge in [-0.15, -0.1) is 0 Å². The number of allylic oxidation sites excluding steroid dienone is 3. The number of Topliss-reactive ketones (excluding diaryl/α,β-unsaturated/α-hetero) is 1. The van der Waals surface area contributed by atoms with Gasteiger partial charge in [0.05, 0.1) is 17.9 Å². The van der Waals surface area contributed by atoms with Crippen molar-refractivity contribution in [2.75, 3.05) is 11.9 Å². The van der Waals surface area contributed by atoms with Gasteiger partial charge in [-0.2, -0.15) is 13.2 Å². The zero-order valence-electron chi connectivity index (χ0n) is 24.9. The summed E-state index contributed by atoms with van der Waals surface area (Å²) in [5, 5.41) is 2.74. The molecule has 0 heterocycles. The molecule has 4 nitrogen and oxygen atoms in total. The summed E-state index contributed by atoms with van der Waals surface area (Å²) in [5.41, 5.74) is 9.69. The minimum atomic E-state index is -4.57. The minimum absolute atomic E-state index is 0. The fraction of sp³-hybridized carbons (Fsp3) is 0.361. The molecule has 0 amide bonds. The number of rotatable bonds is 12. The Morgan fingerprint density at radius 2 is 1.75 bits per heavy atom. The van der Waals surface area contributed by atoms with Crippen molar-refractivity contribution in [3.8, 4) is 0 Å². The van der Waals surface area contributed by atoms with E-state index in [0.717, 1.165) is 29.4 Å². The molecule has 8 heteroatoms. The van der Waals surface area contributed by atoms with Gasteiger partial charge in [-0.25, -0.2) is 4.39 Å². The Hall–Kier alpha value is -3.75. The number of nitrogens with two attached hydrogens (primary N) is 1. The Kier molecular flexibility index (Phi) is 14.0. The second kappa shape index (κ2) is 16.9. The van der Waals surface area contributed by atoms with Gasteiger partial charge in [0, 0.05) is 18.7 Å². The lowest BCUT2D eigenvalue weighted by molar-refractivity contribution is -0.115. The number of ether oxygens (including phenoxy) is 1. The van der Waals surface area contributed by atoms with E-state index >= 15 is 0 Å². The van der Waals surface area contributed by atoms with Crippen LogP contribution in [-0.2, 0) is 16.1 Å². The summed E-state index contributed by atoms with van der Waals surface area (Å²) in [6, 6.07) is 20.5. The molecule has 4 rings (SSSR count). The summed E-state index contributed by atoms with van der Waals surface area (Å²) in [6.45, 7) is 9.72. The fourth-order valence-electron chi connectivity index (χ4n) is 4.30. The number of hydrogen-bond acceptors (Lipinski definition) is 4. The van der Waals surface area contributed by atoms with Gasteiger partial charge in [0.25, 0.3) is 0 Å². The van der Waals surface area contributed by atoms with Crippen LogP contribution in [0.15, 0.2) is 90.7 Å². The molecule has 0 radical (unpaired) electrons. The molecule has 1 aliphatic carbocycles. The van der Waals surface area contributed by atoms with Gasteiger partial charge in [-0.05, 0) is 85.6 Å². The molecule has 1 fully saturated rings. The first-order valence-corrected chi connectivity index (χ1v) is 14.4. The van der Waals surface area contributed by atoms with E-state index in [-0.39, 0.29) is 31.5 Å². The third kappa shape index (κ3) is 11.4. The van der Waals surface area contributed by atoms with Crippen LogP contribution < -0.4 is 11.1 Å². The topological polar surface area (TPSA) is 64.3 Å². The lowest BCUT2D eigenvalue weighted by Crippen LogP contribution is -2.15. The molecule has 3 aromatic rings. The second-order valence-electron chi connectivity index (χ2n) is 10.9. The van der Waals surface area contributed by atoms with Crippen molar-refractivity contribution < 1.29 is 27.1 Å². The number of carbonyl (C=O) groups excluding carboxylic acids is 1. The van der Waals surface area contributed by atoms with E-state index in [1.807, 2.05) is 12.1 Å². The van der Waals surface area contributed by atoms with Crippen LogP contribution in [0.1, 0.15) is 74.0 Å². The Morgan fingerprint density at radius 1 is 1.07 bits per heavy atom. The largest absolute Gasteiger partial charge is 0.415 e. The maximum Gasteiger partial charge on any atom is 0.415 e. The molecule has 0 spiro atoms. The molecule has 3 N–H and O–H groups in total. The Morgan fingerprint density at radius 3 is 2.34 bits per heavy atom. The zero-order valence-corrected chi connectivity index (χ0v) is 24.9. The van der Waals surface area contributed by atoms with Crippen molar-refractivity contribution in [3.63, 3.8) is 0 Å². The van der Waals surface area contributed by atoms with Crippen LogP contribution in [0.4, 0.5) is 23.2 Å². The molecular formula is C36H44F4N2O2. The first kappa shape index (κ1) is 36.4. The monoisotopic (exact) mass is 612 g/mol. The highest BCUT2D eigenvalue weighted by Crippen LogP contribution is 2.34. The lowest BCUT2D eigenvalue weighted by atomic mass is 9.98. The molecule has 0 aliphatic heterocycles. The molecule has 1 unspecified atom stereocenters. The summed E-state index contributed by atoms with van der Waals surface area (Å²) < 4.78 is 57.5. The van der Waals surface area contributed by atoms with E-state index in [2.05, 4.69) is 43.1 Å². The normalized spacial score (nSPS) is 13.7. The van der Waals surface area contributed by atoms with Gasteiger partial charge in [0.15, 0.2) is 5.78 Å². The highest BCUT2D eigenvalue weighted by Gasteiger charge is 2.31. The van der Waals surface area contributed by atoms with E-state index in [0.29, 0.717) is 30.1 Å². The van der Waals surface area contributed by atoms with Gasteiger partial charge < -0.3 is 15.8 Å². The van der Waals surface area contributed by atoms with E-state index in [1.165, 1.54) is 24.5 Å². The number of anilines is 1. The summed E-state index contributed by atoms with van der Waals surface area (Å²) in [6.07, 6.45) is -0.707. The van der Waals surface area contributed by atoms with Crippen LogP contribution in [0.3, 0.4) is 0 Å². The van der Waals surface area contributed by atoms with Crippen LogP contribution >= 0.6 is 0 Å². The Labute approximate surface area is 259 Å². The predicted octanol–water partition coefficient (Wildman–Crippen LogP) is 9.52. The number of nitrogens with one attached hydrogen (secondary N) is 1. The molecule has 0 saturated heterocycles. The number of benzene rings is 3. The zero-order chi connectivity index (χ0) is 31.6. The summed E-state index contributed by atoms with van der Waals surface area (Å²) in [7, 11) is 0. The first-order chi connectivity index (χ1) is 20.4. The van der Waals surface area contributed by atoms with Crippen molar-refractivity contribution >= 4 is 11.5 Å². The van der Waals surface area contributed by atoms with Gasteiger partial charge in [-0.1, -0.05) is 75.0 Å². The fourth-order valence-corrected chi connectivity index (χ4v) is 4.30. The summed E-state index contributed by atoms with van der Waals surface area (Å²) >= 11 is 0.